The molecule has 6 heteroatoms. The van der Waals surface area contributed by atoms with E-state index in [9.17, 15) is 4.79 Å². The average Bonchev–Trinajstić information content (AvgIpc) is 2.69. The molecule has 1 heterocycles. The van der Waals surface area contributed by atoms with E-state index in [0.717, 1.165) is 0 Å². The molecule has 0 aromatic heterocycles. The first-order chi connectivity index (χ1) is 8.94. The molecule has 1 saturated heterocycles. The van der Waals surface area contributed by atoms with Gasteiger partial charge in [0.2, 0.25) is 0 Å². The van der Waals surface area contributed by atoms with Gasteiger partial charge < -0.3 is 20.1 Å². The third-order valence-corrected chi connectivity index (χ3v) is 2.91. The van der Waals surface area contributed by atoms with Crippen molar-refractivity contribution in [1.82, 2.24) is 5.32 Å². The molecule has 0 radical (unpaired) electrons. The molecule has 1 unspecified atom stereocenters. The number of hydrogen-bond acceptors (Lipinski definition) is 3. The molecule has 0 aliphatic carbocycles. The lowest BCUT2D eigenvalue weighted by Gasteiger charge is -2.17. The van der Waals surface area contributed by atoms with Crippen LogP contribution in [-0.2, 0) is 9.47 Å². The number of carbonyl (C=O) groups is 1. The van der Waals surface area contributed by atoms with Crippen molar-refractivity contribution >= 4 is 23.3 Å². The van der Waals surface area contributed by atoms with Crippen LogP contribution in [0.2, 0.25) is 5.02 Å². The third kappa shape index (κ3) is 4.38. The number of ether oxygens (including phenoxy) is 2. The van der Waals surface area contributed by atoms with Crippen LogP contribution in [0.25, 0.3) is 0 Å². The zero-order valence-corrected chi connectivity index (χ0v) is 11.7. The van der Waals surface area contributed by atoms with Crippen LogP contribution in [0.1, 0.15) is 13.8 Å². The zero-order chi connectivity index (χ0) is 13.9. The van der Waals surface area contributed by atoms with Gasteiger partial charge in [0, 0.05) is 17.3 Å². The van der Waals surface area contributed by atoms with Crippen LogP contribution in [0.4, 0.5) is 10.5 Å². The second-order valence-electron chi connectivity index (χ2n) is 4.79. The number of anilines is 1. The summed E-state index contributed by atoms with van der Waals surface area (Å²) in [4.78, 5) is 11.7. The summed E-state index contributed by atoms with van der Waals surface area (Å²) in [6, 6.07) is 6.62. The first kappa shape index (κ1) is 14.1. The standard InChI is InChI=1S/C13H17ClN2O3/c1-13(2)18-8-11(19-13)7-15-12(17)16-10-5-3-9(14)4-6-10/h3-6,11H,7-8H2,1-2H3,(H2,15,16,17). The molecular formula is C13H17ClN2O3. The molecule has 0 saturated carbocycles. The van der Waals surface area contributed by atoms with Gasteiger partial charge in [-0.1, -0.05) is 11.6 Å². The van der Waals surface area contributed by atoms with E-state index in [1.165, 1.54) is 0 Å². The van der Waals surface area contributed by atoms with E-state index in [0.29, 0.717) is 23.9 Å². The molecule has 1 aliphatic heterocycles. The van der Waals surface area contributed by atoms with Gasteiger partial charge in [-0.3, -0.25) is 0 Å². The maximum Gasteiger partial charge on any atom is 0.319 e. The molecule has 2 rings (SSSR count). The van der Waals surface area contributed by atoms with Crippen molar-refractivity contribution in [3.8, 4) is 0 Å². The van der Waals surface area contributed by atoms with E-state index in [1.807, 2.05) is 13.8 Å². The van der Waals surface area contributed by atoms with Gasteiger partial charge in [0.15, 0.2) is 5.79 Å². The second-order valence-corrected chi connectivity index (χ2v) is 5.23. The highest BCUT2D eigenvalue weighted by Crippen LogP contribution is 2.21. The molecule has 1 fully saturated rings. The first-order valence-corrected chi connectivity index (χ1v) is 6.45. The van der Waals surface area contributed by atoms with Crippen LogP contribution < -0.4 is 10.6 Å². The van der Waals surface area contributed by atoms with E-state index >= 15 is 0 Å². The fourth-order valence-electron chi connectivity index (χ4n) is 1.78. The number of amides is 2. The smallest absolute Gasteiger partial charge is 0.319 e. The number of benzene rings is 1. The Balaban J connectivity index is 1.75. The molecule has 0 spiro atoms. The van der Waals surface area contributed by atoms with Crippen molar-refractivity contribution in [3.05, 3.63) is 29.3 Å². The number of nitrogens with one attached hydrogen (secondary N) is 2. The third-order valence-electron chi connectivity index (χ3n) is 2.66. The normalized spacial score (nSPS) is 21.1. The van der Waals surface area contributed by atoms with Crippen molar-refractivity contribution in [3.63, 3.8) is 0 Å². The molecule has 1 aromatic rings. The monoisotopic (exact) mass is 284 g/mol. The van der Waals surface area contributed by atoms with Gasteiger partial charge in [0.25, 0.3) is 0 Å². The fourth-order valence-corrected chi connectivity index (χ4v) is 1.90. The predicted octanol–water partition coefficient (Wildman–Crippen LogP) is 2.61. The molecule has 1 aromatic carbocycles. The summed E-state index contributed by atoms with van der Waals surface area (Å²) in [6.07, 6.45) is -0.119. The summed E-state index contributed by atoms with van der Waals surface area (Å²) in [5.74, 6) is -0.570. The summed E-state index contributed by atoms with van der Waals surface area (Å²) in [7, 11) is 0. The van der Waals surface area contributed by atoms with Crippen LogP contribution in [0.15, 0.2) is 24.3 Å². The van der Waals surface area contributed by atoms with E-state index in [2.05, 4.69) is 10.6 Å². The second kappa shape index (κ2) is 5.77. The van der Waals surface area contributed by atoms with Gasteiger partial charge in [-0.2, -0.15) is 0 Å². The van der Waals surface area contributed by atoms with Crippen LogP contribution in [-0.4, -0.2) is 31.1 Å². The number of halogens is 1. The molecule has 5 nitrogen and oxygen atoms in total. The Bertz CT molecular complexity index is 448. The average molecular weight is 285 g/mol. The minimum Gasteiger partial charge on any atom is -0.348 e. The summed E-state index contributed by atoms with van der Waals surface area (Å²) in [5, 5.41) is 6.08. The Hall–Kier alpha value is -1.30. The highest BCUT2D eigenvalue weighted by Gasteiger charge is 2.32. The summed E-state index contributed by atoms with van der Waals surface area (Å²) < 4.78 is 11.0. The molecule has 0 bridgehead atoms. The molecule has 104 valence electrons. The van der Waals surface area contributed by atoms with Crippen LogP contribution in [0, 0.1) is 0 Å². The van der Waals surface area contributed by atoms with Crippen molar-refractivity contribution in [1.29, 1.82) is 0 Å². The van der Waals surface area contributed by atoms with Gasteiger partial charge in [-0.05, 0) is 38.1 Å². The molecule has 1 atom stereocenters. The van der Waals surface area contributed by atoms with E-state index < -0.39 is 5.79 Å². The Kier molecular flexibility index (Phi) is 4.29. The number of carbonyl (C=O) groups excluding carboxylic acids is 1. The minimum atomic E-state index is -0.570. The topological polar surface area (TPSA) is 59.6 Å². The number of rotatable bonds is 3. The maximum atomic E-state index is 11.7. The van der Waals surface area contributed by atoms with Crippen LogP contribution in [0.5, 0.6) is 0 Å². The zero-order valence-electron chi connectivity index (χ0n) is 10.9. The lowest BCUT2D eigenvalue weighted by molar-refractivity contribution is -0.137. The van der Waals surface area contributed by atoms with Crippen LogP contribution in [0.3, 0.4) is 0 Å². The Morgan fingerprint density at radius 3 is 2.68 bits per heavy atom. The largest absolute Gasteiger partial charge is 0.348 e. The summed E-state index contributed by atoms with van der Waals surface area (Å²) >= 11 is 5.76. The first-order valence-electron chi connectivity index (χ1n) is 6.07. The maximum absolute atomic E-state index is 11.7. The minimum absolute atomic E-state index is 0.119. The van der Waals surface area contributed by atoms with Gasteiger partial charge in [0.1, 0.15) is 6.10 Å². The van der Waals surface area contributed by atoms with E-state index in [-0.39, 0.29) is 12.1 Å². The van der Waals surface area contributed by atoms with Gasteiger partial charge in [-0.25, -0.2) is 4.79 Å². The van der Waals surface area contributed by atoms with Gasteiger partial charge in [-0.15, -0.1) is 0 Å². The Labute approximate surface area is 117 Å². The summed E-state index contributed by atoms with van der Waals surface area (Å²) in [6.45, 7) is 4.58. The van der Waals surface area contributed by atoms with Crippen molar-refractivity contribution in [2.45, 2.75) is 25.7 Å². The Morgan fingerprint density at radius 1 is 1.42 bits per heavy atom. The lowest BCUT2D eigenvalue weighted by atomic mass is 10.3. The van der Waals surface area contributed by atoms with Gasteiger partial charge in [0.05, 0.1) is 6.61 Å². The molecule has 1 aliphatic rings. The highest BCUT2D eigenvalue weighted by molar-refractivity contribution is 6.30. The molecule has 19 heavy (non-hydrogen) atoms. The lowest BCUT2D eigenvalue weighted by Crippen LogP contribution is -2.37. The predicted molar refractivity (Wildman–Crippen MR) is 73.4 cm³/mol. The molecular weight excluding hydrogens is 268 g/mol. The van der Waals surface area contributed by atoms with Crippen molar-refractivity contribution < 1.29 is 14.3 Å². The SMILES string of the molecule is CC1(C)OCC(CNC(=O)Nc2ccc(Cl)cc2)O1. The molecule has 2 N–H and O–H groups in total. The number of urea groups is 1. The highest BCUT2D eigenvalue weighted by atomic mass is 35.5. The van der Waals surface area contributed by atoms with Gasteiger partial charge >= 0.3 is 6.03 Å². The van der Waals surface area contributed by atoms with Crippen molar-refractivity contribution in [2.75, 3.05) is 18.5 Å². The Morgan fingerprint density at radius 2 is 2.11 bits per heavy atom. The van der Waals surface area contributed by atoms with E-state index in [4.69, 9.17) is 21.1 Å². The fraction of sp³-hybridized carbons (Fsp3) is 0.462. The number of hydrogen-bond donors (Lipinski definition) is 2. The van der Waals surface area contributed by atoms with Crippen LogP contribution >= 0.6 is 11.6 Å². The molecule has 2 amide bonds. The quantitative estimate of drug-likeness (QED) is 0.897. The van der Waals surface area contributed by atoms with E-state index in [1.54, 1.807) is 24.3 Å². The summed E-state index contributed by atoms with van der Waals surface area (Å²) in [5.41, 5.74) is 0.686. The van der Waals surface area contributed by atoms with Crippen molar-refractivity contribution in [2.24, 2.45) is 0 Å².